The molecule has 1 aliphatic heterocycles. The zero-order valence-electron chi connectivity index (χ0n) is 11.9. The quantitative estimate of drug-likeness (QED) is 0.931. The number of nitriles is 1. The predicted octanol–water partition coefficient (Wildman–Crippen LogP) is 2.44. The van der Waals surface area contributed by atoms with Gasteiger partial charge >= 0.3 is 6.18 Å². The predicted molar refractivity (Wildman–Crippen MR) is 73.6 cm³/mol. The van der Waals surface area contributed by atoms with E-state index in [1.54, 1.807) is 13.0 Å². The van der Waals surface area contributed by atoms with E-state index in [2.05, 4.69) is 11.4 Å². The molecule has 0 aliphatic carbocycles. The molecule has 1 fully saturated rings. The van der Waals surface area contributed by atoms with Crippen molar-refractivity contribution in [3.05, 3.63) is 35.4 Å². The molecule has 2 rings (SSSR count). The average molecular weight is 297 g/mol. The number of benzene rings is 1. The Morgan fingerprint density at radius 1 is 1.24 bits per heavy atom. The van der Waals surface area contributed by atoms with Crippen LogP contribution in [-0.4, -0.2) is 36.6 Å². The normalized spacial score (nSPS) is 19.8. The van der Waals surface area contributed by atoms with Crippen molar-refractivity contribution in [3.8, 4) is 6.07 Å². The first-order valence-corrected chi connectivity index (χ1v) is 6.89. The first-order valence-electron chi connectivity index (χ1n) is 6.89. The van der Waals surface area contributed by atoms with E-state index < -0.39 is 17.3 Å². The third kappa shape index (κ3) is 3.55. The molecule has 1 aromatic rings. The number of nitrogens with zero attached hydrogens (tertiary/aromatic N) is 2. The van der Waals surface area contributed by atoms with Crippen LogP contribution in [0.1, 0.15) is 18.1 Å². The number of nitrogens with one attached hydrogen (secondary N) is 1. The second kappa shape index (κ2) is 6.04. The van der Waals surface area contributed by atoms with E-state index in [4.69, 9.17) is 0 Å². The average Bonchev–Trinajstić information content (AvgIpc) is 2.47. The molecule has 1 aromatic carbocycles. The number of hydrogen-bond donors (Lipinski definition) is 1. The summed E-state index contributed by atoms with van der Waals surface area (Å²) in [6.07, 6.45) is -4.32. The fourth-order valence-corrected chi connectivity index (χ4v) is 2.70. The molecule has 1 saturated heterocycles. The molecule has 0 amide bonds. The lowest BCUT2D eigenvalue weighted by Gasteiger charge is -2.39. The summed E-state index contributed by atoms with van der Waals surface area (Å²) in [7, 11) is 0. The lowest BCUT2D eigenvalue weighted by molar-refractivity contribution is -0.138. The molecule has 0 spiro atoms. The molecule has 1 atom stereocenters. The molecule has 1 N–H and O–H groups in total. The highest BCUT2D eigenvalue weighted by Crippen LogP contribution is 2.34. The summed E-state index contributed by atoms with van der Waals surface area (Å²) in [6, 6.07) is 7.70. The van der Waals surface area contributed by atoms with Gasteiger partial charge in [-0.2, -0.15) is 18.4 Å². The Labute approximate surface area is 122 Å². The number of hydrogen-bond acceptors (Lipinski definition) is 3. The molecule has 3 nitrogen and oxygen atoms in total. The molecule has 114 valence electrons. The Hall–Kier alpha value is -1.58. The van der Waals surface area contributed by atoms with Gasteiger partial charge in [-0.15, -0.1) is 0 Å². The van der Waals surface area contributed by atoms with Crippen LogP contribution >= 0.6 is 0 Å². The second-order valence-corrected chi connectivity index (χ2v) is 5.45. The largest absolute Gasteiger partial charge is 0.416 e. The maximum atomic E-state index is 13.1. The molecular weight excluding hydrogens is 279 g/mol. The molecule has 0 bridgehead atoms. The van der Waals surface area contributed by atoms with E-state index in [9.17, 15) is 18.4 Å². The minimum absolute atomic E-state index is 0.0686. The van der Waals surface area contributed by atoms with Gasteiger partial charge in [0.2, 0.25) is 0 Å². The van der Waals surface area contributed by atoms with Gasteiger partial charge in [0, 0.05) is 32.6 Å². The van der Waals surface area contributed by atoms with Crippen molar-refractivity contribution in [2.75, 3.05) is 26.2 Å². The molecule has 0 saturated carbocycles. The van der Waals surface area contributed by atoms with Crippen LogP contribution in [0.4, 0.5) is 13.2 Å². The molecule has 0 aromatic heterocycles. The van der Waals surface area contributed by atoms with Crippen LogP contribution < -0.4 is 5.32 Å². The summed E-state index contributed by atoms with van der Waals surface area (Å²) in [5.41, 5.74) is -1.40. The highest BCUT2D eigenvalue weighted by atomic mass is 19.4. The van der Waals surface area contributed by atoms with Gasteiger partial charge in [-0.3, -0.25) is 4.90 Å². The van der Waals surface area contributed by atoms with Crippen molar-refractivity contribution in [1.29, 1.82) is 5.26 Å². The Morgan fingerprint density at radius 3 is 2.43 bits per heavy atom. The van der Waals surface area contributed by atoms with Gasteiger partial charge < -0.3 is 5.32 Å². The Kier molecular flexibility index (Phi) is 4.55. The first kappa shape index (κ1) is 15.8. The van der Waals surface area contributed by atoms with Gasteiger partial charge in [0.1, 0.15) is 5.54 Å². The lowest BCUT2D eigenvalue weighted by Crippen LogP contribution is -2.55. The summed E-state index contributed by atoms with van der Waals surface area (Å²) in [6.45, 7) is 4.54. The Balaban J connectivity index is 2.29. The smallest absolute Gasteiger partial charge is 0.314 e. The van der Waals surface area contributed by atoms with Crippen molar-refractivity contribution >= 4 is 0 Å². The van der Waals surface area contributed by atoms with Crippen LogP contribution in [0.25, 0.3) is 0 Å². The second-order valence-electron chi connectivity index (χ2n) is 5.45. The number of halogens is 3. The molecular formula is C15H18F3N3. The summed E-state index contributed by atoms with van der Waals surface area (Å²) < 4.78 is 39.2. The summed E-state index contributed by atoms with van der Waals surface area (Å²) in [5, 5.41) is 12.7. The van der Waals surface area contributed by atoms with Crippen LogP contribution in [0, 0.1) is 11.3 Å². The minimum atomic E-state index is -4.39. The fourth-order valence-electron chi connectivity index (χ4n) is 2.70. The van der Waals surface area contributed by atoms with E-state index in [1.807, 2.05) is 4.90 Å². The SMILES string of the molecule is CC(C#N)(Cc1ccccc1C(F)(F)F)N1CCNCC1. The van der Waals surface area contributed by atoms with E-state index in [-0.39, 0.29) is 12.0 Å². The van der Waals surface area contributed by atoms with Crippen LogP contribution in [0.5, 0.6) is 0 Å². The van der Waals surface area contributed by atoms with E-state index >= 15 is 0 Å². The van der Waals surface area contributed by atoms with Crippen molar-refractivity contribution in [3.63, 3.8) is 0 Å². The third-order valence-corrected chi connectivity index (χ3v) is 3.91. The van der Waals surface area contributed by atoms with Gasteiger partial charge in [0.25, 0.3) is 0 Å². The van der Waals surface area contributed by atoms with Crippen molar-refractivity contribution in [2.24, 2.45) is 0 Å². The maximum Gasteiger partial charge on any atom is 0.416 e. The van der Waals surface area contributed by atoms with E-state index in [0.29, 0.717) is 13.1 Å². The lowest BCUT2D eigenvalue weighted by atomic mass is 9.89. The van der Waals surface area contributed by atoms with Gasteiger partial charge in [0.05, 0.1) is 11.6 Å². The highest BCUT2D eigenvalue weighted by molar-refractivity contribution is 5.32. The third-order valence-electron chi connectivity index (χ3n) is 3.91. The van der Waals surface area contributed by atoms with Gasteiger partial charge in [-0.1, -0.05) is 18.2 Å². The molecule has 1 aliphatic rings. The van der Waals surface area contributed by atoms with E-state index in [0.717, 1.165) is 19.2 Å². The standard InChI is InChI=1S/C15H18F3N3/c1-14(11-19,21-8-6-20-7-9-21)10-12-4-2-3-5-13(12)15(16,17)18/h2-5,20H,6-10H2,1H3. The summed E-state index contributed by atoms with van der Waals surface area (Å²) >= 11 is 0. The summed E-state index contributed by atoms with van der Waals surface area (Å²) in [4.78, 5) is 1.96. The maximum absolute atomic E-state index is 13.1. The minimum Gasteiger partial charge on any atom is -0.314 e. The first-order chi connectivity index (χ1) is 9.87. The highest BCUT2D eigenvalue weighted by Gasteiger charge is 2.38. The van der Waals surface area contributed by atoms with Crippen LogP contribution in [0.2, 0.25) is 0 Å². The molecule has 6 heteroatoms. The zero-order valence-corrected chi connectivity index (χ0v) is 11.9. The Bertz CT molecular complexity index is 530. The van der Waals surface area contributed by atoms with Gasteiger partial charge in [-0.05, 0) is 18.6 Å². The summed E-state index contributed by atoms with van der Waals surface area (Å²) in [5.74, 6) is 0. The van der Waals surface area contributed by atoms with Crippen LogP contribution in [0.15, 0.2) is 24.3 Å². The van der Waals surface area contributed by atoms with Crippen molar-refractivity contribution in [2.45, 2.75) is 25.1 Å². The van der Waals surface area contributed by atoms with Crippen LogP contribution in [0.3, 0.4) is 0 Å². The van der Waals surface area contributed by atoms with Gasteiger partial charge in [-0.25, -0.2) is 0 Å². The van der Waals surface area contributed by atoms with E-state index in [1.165, 1.54) is 12.1 Å². The molecule has 0 radical (unpaired) electrons. The molecule has 21 heavy (non-hydrogen) atoms. The Morgan fingerprint density at radius 2 is 1.86 bits per heavy atom. The monoisotopic (exact) mass is 297 g/mol. The van der Waals surface area contributed by atoms with Crippen molar-refractivity contribution in [1.82, 2.24) is 10.2 Å². The zero-order chi connectivity index (χ0) is 15.5. The van der Waals surface area contributed by atoms with Crippen LogP contribution in [-0.2, 0) is 12.6 Å². The topological polar surface area (TPSA) is 39.1 Å². The van der Waals surface area contributed by atoms with Gasteiger partial charge in [0.15, 0.2) is 0 Å². The molecule has 1 unspecified atom stereocenters. The number of piperazine rings is 1. The molecule has 1 heterocycles. The fraction of sp³-hybridized carbons (Fsp3) is 0.533. The number of alkyl halides is 3. The van der Waals surface area contributed by atoms with Crippen molar-refractivity contribution < 1.29 is 13.2 Å². The number of rotatable bonds is 3.